The molecule has 1 N–H and O–H groups in total. The second-order valence-corrected chi connectivity index (χ2v) is 7.45. The summed E-state index contributed by atoms with van der Waals surface area (Å²) in [5, 5.41) is 5.73. The van der Waals surface area contributed by atoms with Gasteiger partial charge >= 0.3 is 0 Å². The second kappa shape index (κ2) is 6.92. The normalized spacial score (nSPS) is 11.1. The number of hydrogen-bond donors (Lipinski definition) is 1. The van der Waals surface area contributed by atoms with Crippen LogP contribution in [-0.4, -0.2) is 20.3 Å². The summed E-state index contributed by atoms with van der Waals surface area (Å²) in [6.07, 6.45) is 1.59. The summed E-state index contributed by atoms with van der Waals surface area (Å²) in [7, 11) is 0. The zero-order valence-electron chi connectivity index (χ0n) is 13.8. The molecule has 0 aliphatic carbocycles. The number of nitrogens with one attached hydrogen (secondary N) is 1. The number of amides is 1. The van der Waals surface area contributed by atoms with Gasteiger partial charge in [-0.15, -0.1) is 11.3 Å². The van der Waals surface area contributed by atoms with Crippen LogP contribution in [-0.2, 0) is 0 Å². The van der Waals surface area contributed by atoms with E-state index in [-0.39, 0.29) is 11.7 Å². The van der Waals surface area contributed by atoms with Gasteiger partial charge in [0.05, 0.1) is 21.4 Å². The van der Waals surface area contributed by atoms with E-state index in [1.54, 1.807) is 41.1 Å². The Labute approximate surface area is 167 Å². The molecule has 3 heterocycles. The van der Waals surface area contributed by atoms with Gasteiger partial charge in [0.2, 0.25) is 0 Å². The van der Waals surface area contributed by atoms with Crippen LogP contribution in [0.2, 0.25) is 10.0 Å². The van der Waals surface area contributed by atoms with Gasteiger partial charge in [-0.3, -0.25) is 14.5 Å². The molecule has 1 amide bonds. The van der Waals surface area contributed by atoms with Gasteiger partial charge in [0.15, 0.2) is 10.8 Å². The summed E-state index contributed by atoms with van der Waals surface area (Å²) in [6, 6.07) is 7.57. The van der Waals surface area contributed by atoms with Crippen molar-refractivity contribution in [2.24, 2.45) is 0 Å². The Balaban J connectivity index is 1.64. The Bertz CT molecular complexity index is 1170. The lowest BCUT2D eigenvalue weighted by molar-refractivity contribution is 0.102. The predicted octanol–water partition coefficient (Wildman–Crippen LogP) is 5.46. The molecule has 4 rings (SSSR count). The number of hydrogen-bond acceptors (Lipinski definition) is 4. The maximum atomic E-state index is 13.1. The number of benzene rings is 1. The number of pyridine rings is 1. The third-order valence-electron chi connectivity index (χ3n) is 3.90. The van der Waals surface area contributed by atoms with Crippen molar-refractivity contribution in [3.8, 4) is 11.3 Å². The van der Waals surface area contributed by atoms with Gasteiger partial charge in [0.25, 0.3) is 5.91 Å². The Morgan fingerprint density at radius 3 is 2.70 bits per heavy atom. The first-order valence-corrected chi connectivity index (χ1v) is 9.42. The lowest BCUT2D eigenvalue weighted by Gasteiger charge is -2.04. The number of aryl methyl sites for hydroxylation is 1. The quantitative estimate of drug-likeness (QED) is 0.478. The van der Waals surface area contributed by atoms with Crippen LogP contribution in [0.15, 0.2) is 41.9 Å². The first-order chi connectivity index (χ1) is 12.9. The Morgan fingerprint density at radius 2 is 1.96 bits per heavy atom. The first-order valence-electron chi connectivity index (χ1n) is 7.79. The van der Waals surface area contributed by atoms with E-state index in [0.29, 0.717) is 37.9 Å². The Kier molecular flexibility index (Phi) is 4.59. The highest BCUT2D eigenvalue weighted by Crippen LogP contribution is 2.27. The number of anilines is 1. The number of rotatable bonds is 3. The van der Waals surface area contributed by atoms with E-state index in [4.69, 9.17) is 23.2 Å². The number of fused-ring (bicyclic) bond motifs is 1. The molecule has 9 heteroatoms. The highest BCUT2D eigenvalue weighted by molar-refractivity contribution is 7.14. The SMILES string of the molecule is Cc1nc2c(Cl)cc(Cl)cn2c1C(=O)Nc1nc(-c2ccc(F)cc2)cs1. The average molecular weight is 421 g/mol. The summed E-state index contributed by atoms with van der Waals surface area (Å²) in [4.78, 5) is 21.5. The van der Waals surface area contributed by atoms with E-state index < -0.39 is 0 Å². The van der Waals surface area contributed by atoms with Crippen LogP contribution < -0.4 is 5.32 Å². The van der Waals surface area contributed by atoms with E-state index in [0.717, 1.165) is 5.56 Å². The Morgan fingerprint density at radius 1 is 1.22 bits per heavy atom. The summed E-state index contributed by atoms with van der Waals surface area (Å²) in [6.45, 7) is 1.72. The molecule has 0 saturated carbocycles. The molecule has 0 aliphatic rings. The van der Waals surface area contributed by atoms with E-state index in [2.05, 4.69) is 15.3 Å². The van der Waals surface area contributed by atoms with Gasteiger partial charge < -0.3 is 0 Å². The van der Waals surface area contributed by atoms with Gasteiger partial charge in [0.1, 0.15) is 11.5 Å². The highest BCUT2D eigenvalue weighted by atomic mass is 35.5. The second-order valence-electron chi connectivity index (χ2n) is 5.74. The summed E-state index contributed by atoms with van der Waals surface area (Å²) in [5.41, 5.74) is 2.71. The molecular weight excluding hydrogens is 410 g/mol. The van der Waals surface area contributed by atoms with Crippen molar-refractivity contribution in [1.82, 2.24) is 14.4 Å². The smallest absolute Gasteiger partial charge is 0.276 e. The van der Waals surface area contributed by atoms with Gasteiger partial charge in [-0.05, 0) is 37.3 Å². The van der Waals surface area contributed by atoms with Crippen LogP contribution in [0.4, 0.5) is 9.52 Å². The van der Waals surface area contributed by atoms with Gasteiger partial charge in [-0.2, -0.15) is 0 Å². The zero-order valence-corrected chi connectivity index (χ0v) is 16.2. The molecule has 0 fully saturated rings. The fourth-order valence-electron chi connectivity index (χ4n) is 2.70. The third-order valence-corrected chi connectivity index (χ3v) is 5.14. The van der Waals surface area contributed by atoms with Crippen molar-refractivity contribution in [3.63, 3.8) is 0 Å². The van der Waals surface area contributed by atoms with Gasteiger partial charge in [-0.1, -0.05) is 23.2 Å². The number of carbonyl (C=O) groups is 1. The minimum atomic E-state index is -0.377. The number of halogens is 3. The molecule has 3 aromatic heterocycles. The summed E-state index contributed by atoms with van der Waals surface area (Å²) >= 11 is 13.5. The van der Waals surface area contributed by atoms with Crippen LogP contribution in [0, 0.1) is 12.7 Å². The van der Waals surface area contributed by atoms with Crippen LogP contribution in [0.1, 0.15) is 16.2 Å². The maximum absolute atomic E-state index is 13.1. The van der Waals surface area contributed by atoms with Crippen LogP contribution in [0.25, 0.3) is 16.9 Å². The number of aromatic nitrogens is 3. The molecule has 5 nitrogen and oxygen atoms in total. The van der Waals surface area contributed by atoms with E-state index >= 15 is 0 Å². The molecule has 0 spiro atoms. The topological polar surface area (TPSA) is 59.3 Å². The molecule has 0 saturated heterocycles. The largest absolute Gasteiger partial charge is 0.296 e. The lowest BCUT2D eigenvalue weighted by atomic mass is 10.2. The number of thiazole rings is 1. The molecule has 27 heavy (non-hydrogen) atoms. The molecule has 136 valence electrons. The molecule has 4 aromatic rings. The van der Waals surface area contributed by atoms with Crippen LogP contribution >= 0.6 is 34.5 Å². The third kappa shape index (κ3) is 3.41. The molecule has 0 unspecified atom stereocenters. The fraction of sp³-hybridized carbons (Fsp3) is 0.0556. The maximum Gasteiger partial charge on any atom is 0.276 e. The van der Waals surface area contributed by atoms with Crippen LogP contribution in [0.3, 0.4) is 0 Å². The van der Waals surface area contributed by atoms with Crippen molar-refractivity contribution >= 4 is 51.2 Å². The number of carbonyl (C=O) groups excluding carboxylic acids is 1. The van der Waals surface area contributed by atoms with Crippen molar-refractivity contribution in [1.29, 1.82) is 0 Å². The van der Waals surface area contributed by atoms with E-state index in [1.807, 2.05) is 0 Å². The number of nitrogens with zero attached hydrogens (tertiary/aromatic N) is 3. The monoisotopic (exact) mass is 420 g/mol. The lowest BCUT2D eigenvalue weighted by Crippen LogP contribution is -2.15. The van der Waals surface area contributed by atoms with Gasteiger partial charge in [-0.25, -0.2) is 14.4 Å². The summed E-state index contributed by atoms with van der Waals surface area (Å²) in [5.74, 6) is -0.693. The predicted molar refractivity (Wildman–Crippen MR) is 105 cm³/mol. The van der Waals surface area contributed by atoms with Crippen molar-refractivity contribution < 1.29 is 9.18 Å². The molecule has 0 aliphatic heterocycles. The van der Waals surface area contributed by atoms with Gasteiger partial charge in [0, 0.05) is 17.1 Å². The van der Waals surface area contributed by atoms with Crippen LogP contribution in [0.5, 0.6) is 0 Å². The first kappa shape index (κ1) is 17.9. The molecule has 1 aromatic carbocycles. The Hall–Kier alpha value is -2.48. The summed E-state index contributed by atoms with van der Waals surface area (Å²) < 4.78 is 14.6. The fourth-order valence-corrected chi connectivity index (χ4v) is 3.93. The minimum Gasteiger partial charge on any atom is -0.296 e. The van der Waals surface area contributed by atoms with E-state index in [1.165, 1.54) is 23.5 Å². The highest BCUT2D eigenvalue weighted by Gasteiger charge is 2.20. The van der Waals surface area contributed by atoms with Crippen molar-refractivity contribution in [3.05, 3.63) is 69.2 Å². The molecule has 0 radical (unpaired) electrons. The minimum absolute atomic E-state index is 0.317. The molecular formula is C18H11Cl2FN4OS. The molecule has 0 bridgehead atoms. The van der Waals surface area contributed by atoms with Crippen molar-refractivity contribution in [2.45, 2.75) is 6.92 Å². The number of imidazole rings is 1. The average Bonchev–Trinajstić information content (AvgIpc) is 3.19. The standard InChI is InChI=1S/C18H11Cl2FN4OS/c1-9-15(25-7-11(19)6-13(20)16(25)22-9)17(26)24-18-23-14(8-27-18)10-2-4-12(21)5-3-10/h2-8H,1H3,(H,23,24,26). The van der Waals surface area contributed by atoms with Crippen molar-refractivity contribution in [2.75, 3.05) is 5.32 Å². The zero-order chi connectivity index (χ0) is 19.1. The van der Waals surface area contributed by atoms with E-state index in [9.17, 15) is 9.18 Å². The molecule has 0 atom stereocenters.